The van der Waals surface area contributed by atoms with Crippen LogP contribution in [0.1, 0.15) is 187 Å². The molecule has 0 aromatic heterocycles. The number of unbranched alkanes of at least 4 members (excludes halogenated alkanes) is 20. The minimum Gasteiger partial charge on any atom is -0.394 e. The number of rotatable bonds is 36. The Bertz CT molecular complexity index is 846. The van der Waals surface area contributed by atoms with E-state index in [-0.39, 0.29) is 18.9 Å². The van der Waals surface area contributed by atoms with E-state index in [4.69, 9.17) is 0 Å². The molecule has 0 radical (unpaired) electrons. The van der Waals surface area contributed by atoms with Gasteiger partial charge in [-0.05, 0) is 70.6 Å². The van der Waals surface area contributed by atoms with E-state index in [1.807, 2.05) is 6.08 Å². The Hall–Kier alpha value is -1.95. The number of hydrogen-bond acceptors (Lipinski definition) is 4. The molecule has 0 bridgehead atoms. The van der Waals surface area contributed by atoms with Crippen molar-refractivity contribution in [2.45, 2.75) is 205 Å². The Kier molecular flexibility index (Phi) is 37.3. The molecule has 0 rings (SSSR count). The van der Waals surface area contributed by atoms with E-state index in [0.29, 0.717) is 6.42 Å². The topological polar surface area (TPSA) is 89.8 Å². The molecule has 3 unspecified atom stereocenters. The van der Waals surface area contributed by atoms with Crippen molar-refractivity contribution in [1.82, 2.24) is 5.32 Å². The fourth-order valence-corrected chi connectivity index (χ4v) is 5.83. The quantitative estimate of drug-likeness (QED) is 0.0300. The van der Waals surface area contributed by atoms with Crippen LogP contribution in [-0.4, -0.2) is 46.1 Å². The van der Waals surface area contributed by atoms with Crippen molar-refractivity contribution in [3.8, 4) is 0 Å². The highest BCUT2D eigenvalue weighted by Gasteiger charge is 2.20. The van der Waals surface area contributed by atoms with Crippen LogP contribution in [0.5, 0.6) is 0 Å². The van der Waals surface area contributed by atoms with E-state index in [0.717, 1.165) is 44.9 Å². The second kappa shape index (κ2) is 38.8. The van der Waals surface area contributed by atoms with Crippen LogP contribution < -0.4 is 5.32 Å². The fourth-order valence-electron chi connectivity index (χ4n) is 5.83. The van der Waals surface area contributed by atoms with Gasteiger partial charge >= 0.3 is 0 Å². The van der Waals surface area contributed by atoms with Gasteiger partial charge < -0.3 is 20.6 Å². The summed E-state index contributed by atoms with van der Waals surface area (Å²) in [7, 11) is 0. The zero-order valence-electron chi connectivity index (χ0n) is 32.1. The molecular weight excluding hydrogens is 606 g/mol. The number of nitrogens with one attached hydrogen (secondary N) is 1. The van der Waals surface area contributed by atoms with Gasteiger partial charge in [0, 0.05) is 0 Å². The Balaban J connectivity index is 3.80. The Morgan fingerprint density at radius 3 is 1.47 bits per heavy atom. The number of carbonyl (C=O) groups excluding carboxylic acids is 1. The van der Waals surface area contributed by atoms with E-state index in [1.165, 1.54) is 116 Å². The molecule has 5 nitrogen and oxygen atoms in total. The number of amides is 1. The van der Waals surface area contributed by atoms with Crippen LogP contribution in [-0.2, 0) is 4.79 Å². The van der Waals surface area contributed by atoms with Gasteiger partial charge in [-0.15, -0.1) is 0 Å². The largest absolute Gasteiger partial charge is 0.394 e. The Morgan fingerprint density at radius 1 is 0.531 bits per heavy atom. The normalized spacial score (nSPS) is 14.3. The fraction of sp³-hybridized carbons (Fsp3) is 0.750. The lowest BCUT2D eigenvalue weighted by Gasteiger charge is -2.21. The molecule has 0 aromatic rings. The second-order valence-corrected chi connectivity index (χ2v) is 13.9. The second-order valence-electron chi connectivity index (χ2n) is 13.9. The predicted molar refractivity (Wildman–Crippen MR) is 213 cm³/mol. The minimum atomic E-state index is -0.963. The summed E-state index contributed by atoms with van der Waals surface area (Å²) in [6.45, 7) is 4.15. The molecule has 0 aliphatic rings. The molecule has 49 heavy (non-hydrogen) atoms. The maximum atomic E-state index is 12.4. The maximum Gasteiger partial charge on any atom is 0.222 e. The summed E-state index contributed by atoms with van der Waals surface area (Å²) < 4.78 is 0. The molecule has 0 aromatic carbocycles. The highest BCUT2D eigenvalue weighted by atomic mass is 16.3. The van der Waals surface area contributed by atoms with E-state index in [1.54, 1.807) is 6.08 Å². The molecule has 3 atom stereocenters. The summed E-state index contributed by atoms with van der Waals surface area (Å²) in [5.41, 5.74) is 0. The van der Waals surface area contributed by atoms with Gasteiger partial charge in [0.1, 0.15) is 0 Å². The summed E-state index contributed by atoms with van der Waals surface area (Å²) >= 11 is 0. The van der Waals surface area contributed by atoms with Gasteiger partial charge in [0.15, 0.2) is 0 Å². The van der Waals surface area contributed by atoms with Crippen molar-refractivity contribution in [1.29, 1.82) is 0 Å². The van der Waals surface area contributed by atoms with Crippen molar-refractivity contribution in [3.63, 3.8) is 0 Å². The first-order valence-corrected chi connectivity index (χ1v) is 20.6. The van der Waals surface area contributed by atoms with Gasteiger partial charge in [-0.2, -0.15) is 0 Å². The molecule has 0 spiro atoms. The van der Waals surface area contributed by atoms with Crippen molar-refractivity contribution in [3.05, 3.63) is 60.8 Å². The smallest absolute Gasteiger partial charge is 0.222 e. The van der Waals surface area contributed by atoms with Gasteiger partial charge in [0.25, 0.3) is 0 Å². The minimum absolute atomic E-state index is 0.00482. The molecule has 284 valence electrons. The number of hydrogen-bond donors (Lipinski definition) is 4. The van der Waals surface area contributed by atoms with Crippen molar-refractivity contribution in [2.75, 3.05) is 6.61 Å². The Morgan fingerprint density at radius 2 is 0.939 bits per heavy atom. The van der Waals surface area contributed by atoms with Gasteiger partial charge in [-0.3, -0.25) is 4.79 Å². The van der Waals surface area contributed by atoms with E-state index in [9.17, 15) is 20.1 Å². The van der Waals surface area contributed by atoms with Crippen molar-refractivity contribution in [2.24, 2.45) is 0 Å². The maximum absolute atomic E-state index is 12.4. The molecule has 5 heteroatoms. The van der Waals surface area contributed by atoms with Crippen LogP contribution in [0.15, 0.2) is 60.8 Å². The number of carbonyl (C=O) groups is 1. The third-order valence-corrected chi connectivity index (χ3v) is 9.03. The van der Waals surface area contributed by atoms with Gasteiger partial charge in [0.05, 0.1) is 31.3 Å². The molecule has 0 fully saturated rings. The summed E-state index contributed by atoms with van der Waals surface area (Å²) in [4.78, 5) is 12.4. The van der Waals surface area contributed by atoms with Crippen molar-refractivity contribution >= 4 is 5.91 Å². The first-order chi connectivity index (χ1) is 24.0. The van der Waals surface area contributed by atoms with Gasteiger partial charge in [-0.1, -0.05) is 171 Å². The van der Waals surface area contributed by atoms with Crippen LogP contribution in [0.3, 0.4) is 0 Å². The highest BCUT2D eigenvalue weighted by molar-refractivity contribution is 5.76. The first kappa shape index (κ1) is 47.0. The van der Waals surface area contributed by atoms with Crippen LogP contribution in [0.4, 0.5) is 0 Å². The third-order valence-electron chi connectivity index (χ3n) is 9.03. The van der Waals surface area contributed by atoms with Crippen LogP contribution in [0.25, 0.3) is 0 Å². The number of aliphatic hydroxyl groups excluding tert-OH is 3. The predicted octanol–water partition coefficient (Wildman–Crippen LogP) is 11.5. The van der Waals surface area contributed by atoms with Crippen molar-refractivity contribution < 1.29 is 20.1 Å². The monoisotopic (exact) mass is 686 g/mol. The summed E-state index contributed by atoms with van der Waals surface area (Å²) in [5.74, 6) is -0.337. The molecule has 0 heterocycles. The number of allylic oxidation sites excluding steroid dienone is 9. The van der Waals surface area contributed by atoms with Gasteiger partial charge in [0.2, 0.25) is 5.91 Å². The number of aliphatic hydroxyl groups is 3. The first-order valence-electron chi connectivity index (χ1n) is 20.6. The highest BCUT2D eigenvalue weighted by Crippen LogP contribution is 2.13. The lowest BCUT2D eigenvalue weighted by Crippen LogP contribution is -2.45. The molecule has 1 amide bonds. The van der Waals surface area contributed by atoms with Crippen LogP contribution in [0, 0.1) is 0 Å². The Labute approximate surface area is 303 Å². The third kappa shape index (κ3) is 35.7. The van der Waals surface area contributed by atoms with Gasteiger partial charge in [-0.25, -0.2) is 0 Å². The SMILES string of the molecule is CCCCC/C=C\C=C/CCCCCCCCCCC(O)CC(=O)NC(CO)C(O)/C=C/CC/C=C/CC/C=C/CCCCCCCCC. The molecule has 0 saturated heterocycles. The summed E-state index contributed by atoms with van der Waals surface area (Å²) in [5, 5.41) is 33.1. The molecule has 0 aliphatic carbocycles. The average Bonchev–Trinajstić information content (AvgIpc) is 3.09. The zero-order valence-corrected chi connectivity index (χ0v) is 32.1. The lowest BCUT2D eigenvalue weighted by molar-refractivity contribution is -0.124. The average molecular weight is 686 g/mol. The molecule has 0 saturated carbocycles. The van der Waals surface area contributed by atoms with E-state index >= 15 is 0 Å². The summed E-state index contributed by atoms with van der Waals surface area (Å²) in [6.07, 6.45) is 50.6. The summed E-state index contributed by atoms with van der Waals surface area (Å²) in [6, 6.07) is -0.771. The van der Waals surface area contributed by atoms with E-state index in [2.05, 4.69) is 67.8 Å². The van der Waals surface area contributed by atoms with Crippen LogP contribution in [0.2, 0.25) is 0 Å². The lowest BCUT2D eigenvalue weighted by atomic mass is 10.0. The standard InChI is InChI=1S/C44H79NO4/c1-3-5-7-9-11-13-15-17-19-21-23-25-27-29-31-33-35-37-41(47)39-44(49)45-42(40-46)43(48)38-36-34-32-30-28-26-24-22-20-18-16-14-12-10-8-6-4-2/h11,13,15,17,20,22,28,30,36,38,41-43,46-48H,3-10,12,14,16,18-19,21,23-27,29,31-35,37,39-40H2,1-2H3,(H,45,49)/b13-11-,17-15-,22-20+,30-28+,38-36+. The zero-order chi connectivity index (χ0) is 35.9. The molecule has 0 aliphatic heterocycles. The molecular formula is C44H79NO4. The van der Waals surface area contributed by atoms with E-state index < -0.39 is 18.2 Å². The molecule has 4 N–H and O–H groups in total. The van der Waals surface area contributed by atoms with Crippen LogP contribution >= 0.6 is 0 Å².